The molecule has 1 heterocycles. The number of carbonyl (C=O) groups is 1. The van der Waals surface area contributed by atoms with E-state index in [2.05, 4.69) is 48.5 Å². The van der Waals surface area contributed by atoms with Gasteiger partial charge in [0.15, 0.2) is 0 Å². The Bertz CT molecular complexity index is 692. The van der Waals surface area contributed by atoms with Gasteiger partial charge in [0.1, 0.15) is 0 Å². The van der Waals surface area contributed by atoms with Gasteiger partial charge in [0.05, 0.1) is 6.04 Å². The van der Waals surface area contributed by atoms with Crippen molar-refractivity contribution in [2.24, 2.45) is 5.73 Å². The molecule has 1 aliphatic carbocycles. The lowest BCUT2D eigenvalue weighted by molar-refractivity contribution is -0.135. The smallest absolute Gasteiger partial charge is 0.223 e. The molecule has 1 saturated heterocycles. The lowest BCUT2D eigenvalue weighted by Gasteiger charge is -2.38. The standard InChI is InChI=1S/C20H22N2O/c21-16-11-12-19(23)22(13-16)20-17-7-3-1-5-14(17)9-10-15-6-2-4-8-18(15)20/h1-8,16,20H,9-13,21H2. The maximum atomic E-state index is 12.6. The fourth-order valence-electron chi connectivity index (χ4n) is 3.98. The quantitative estimate of drug-likeness (QED) is 0.880. The van der Waals surface area contributed by atoms with Crippen LogP contribution in [0, 0.1) is 0 Å². The fraction of sp³-hybridized carbons (Fsp3) is 0.350. The van der Waals surface area contributed by atoms with Crippen molar-refractivity contribution in [2.45, 2.75) is 37.8 Å². The second kappa shape index (κ2) is 5.82. The van der Waals surface area contributed by atoms with Gasteiger partial charge in [-0.25, -0.2) is 0 Å². The van der Waals surface area contributed by atoms with Gasteiger partial charge in [-0.3, -0.25) is 4.79 Å². The second-order valence-corrected chi connectivity index (χ2v) is 6.65. The third-order valence-electron chi connectivity index (χ3n) is 5.16. The molecule has 2 aromatic rings. The first kappa shape index (κ1) is 14.5. The van der Waals surface area contributed by atoms with E-state index in [9.17, 15) is 4.79 Å². The van der Waals surface area contributed by atoms with Gasteiger partial charge in [-0.2, -0.15) is 0 Å². The van der Waals surface area contributed by atoms with Gasteiger partial charge < -0.3 is 10.6 Å². The van der Waals surface area contributed by atoms with Crippen LogP contribution in [0.3, 0.4) is 0 Å². The number of hydrogen-bond acceptors (Lipinski definition) is 2. The molecule has 1 atom stereocenters. The summed E-state index contributed by atoms with van der Waals surface area (Å²) >= 11 is 0. The van der Waals surface area contributed by atoms with E-state index < -0.39 is 0 Å². The molecule has 118 valence electrons. The first-order chi connectivity index (χ1) is 11.2. The molecule has 0 saturated carbocycles. The van der Waals surface area contributed by atoms with Crippen LogP contribution < -0.4 is 5.73 Å². The van der Waals surface area contributed by atoms with Gasteiger partial charge in [0.25, 0.3) is 0 Å². The van der Waals surface area contributed by atoms with Gasteiger partial charge in [0.2, 0.25) is 5.91 Å². The molecule has 1 amide bonds. The summed E-state index contributed by atoms with van der Waals surface area (Å²) < 4.78 is 0. The number of piperidine rings is 1. The number of amides is 1. The molecule has 0 radical (unpaired) electrons. The van der Waals surface area contributed by atoms with Gasteiger partial charge in [-0.05, 0) is 41.5 Å². The maximum absolute atomic E-state index is 12.6. The molecule has 3 nitrogen and oxygen atoms in total. The molecule has 0 aromatic heterocycles. The van der Waals surface area contributed by atoms with E-state index in [1.54, 1.807) is 0 Å². The molecule has 2 aromatic carbocycles. The molecule has 1 fully saturated rings. The van der Waals surface area contributed by atoms with Crippen LogP contribution in [-0.2, 0) is 17.6 Å². The van der Waals surface area contributed by atoms with Crippen molar-refractivity contribution in [3.63, 3.8) is 0 Å². The Morgan fingerprint density at radius 2 is 1.43 bits per heavy atom. The van der Waals surface area contributed by atoms with Crippen LogP contribution in [0.2, 0.25) is 0 Å². The summed E-state index contributed by atoms with van der Waals surface area (Å²) in [4.78, 5) is 14.7. The normalized spacial score (nSPS) is 21.5. The Labute approximate surface area is 137 Å². The second-order valence-electron chi connectivity index (χ2n) is 6.65. The average Bonchev–Trinajstić information content (AvgIpc) is 2.74. The van der Waals surface area contributed by atoms with E-state index in [0.717, 1.165) is 19.3 Å². The van der Waals surface area contributed by atoms with Crippen molar-refractivity contribution in [1.82, 2.24) is 4.90 Å². The summed E-state index contributed by atoms with van der Waals surface area (Å²) in [5.74, 6) is 0.225. The van der Waals surface area contributed by atoms with Crippen molar-refractivity contribution in [3.05, 3.63) is 70.8 Å². The molecule has 0 bridgehead atoms. The Morgan fingerprint density at radius 1 is 0.870 bits per heavy atom. The number of aryl methyl sites for hydroxylation is 2. The number of rotatable bonds is 1. The lowest BCUT2D eigenvalue weighted by Crippen LogP contribution is -2.48. The highest BCUT2D eigenvalue weighted by atomic mass is 16.2. The number of carbonyl (C=O) groups excluding carboxylic acids is 1. The van der Waals surface area contributed by atoms with Crippen molar-refractivity contribution in [1.29, 1.82) is 0 Å². The first-order valence-corrected chi connectivity index (χ1v) is 8.44. The number of nitrogens with two attached hydrogens (primary N) is 1. The molecule has 4 rings (SSSR count). The van der Waals surface area contributed by atoms with Crippen LogP contribution in [0.25, 0.3) is 0 Å². The maximum Gasteiger partial charge on any atom is 0.223 e. The summed E-state index contributed by atoms with van der Waals surface area (Å²) in [5.41, 5.74) is 11.4. The number of nitrogens with zero attached hydrogens (tertiary/aromatic N) is 1. The van der Waals surface area contributed by atoms with Gasteiger partial charge >= 0.3 is 0 Å². The molecule has 3 heteroatoms. The summed E-state index contributed by atoms with van der Waals surface area (Å²) in [6.45, 7) is 0.645. The van der Waals surface area contributed by atoms with Gasteiger partial charge in [-0.15, -0.1) is 0 Å². The van der Waals surface area contributed by atoms with Crippen LogP contribution in [-0.4, -0.2) is 23.4 Å². The minimum absolute atomic E-state index is 0.00347. The Morgan fingerprint density at radius 3 is 2.04 bits per heavy atom. The van der Waals surface area contributed by atoms with Crippen molar-refractivity contribution in [2.75, 3.05) is 6.54 Å². The first-order valence-electron chi connectivity index (χ1n) is 8.44. The highest BCUT2D eigenvalue weighted by molar-refractivity contribution is 5.78. The minimum atomic E-state index is 0.00347. The zero-order valence-electron chi connectivity index (χ0n) is 13.2. The number of hydrogen-bond donors (Lipinski definition) is 1. The largest absolute Gasteiger partial charge is 0.330 e. The van der Waals surface area contributed by atoms with Crippen LogP contribution in [0.4, 0.5) is 0 Å². The number of benzene rings is 2. The third-order valence-corrected chi connectivity index (χ3v) is 5.16. The number of likely N-dealkylation sites (tertiary alicyclic amines) is 1. The molecule has 1 unspecified atom stereocenters. The molecule has 2 N–H and O–H groups in total. The summed E-state index contributed by atoms with van der Waals surface area (Å²) in [7, 11) is 0. The van der Waals surface area contributed by atoms with E-state index in [-0.39, 0.29) is 18.0 Å². The molecule has 2 aliphatic rings. The zero-order valence-corrected chi connectivity index (χ0v) is 13.2. The topological polar surface area (TPSA) is 46.3 Å². The van der Waals surface area contributed by atoms with E-state index in [0.29, 0.717) is 13.0 Å². The van der Waals surface area contributed by atoms with Crippen LogP contribution in [0.5, 0.6) is 0 Å². The lowest BCUT2D eigenvalue weighted by atomic mass is 9.91. The van der Waals surface area contributed by atoms with Crippen molar-refractivity contribution in [3.8, 4) is 0 Å². The Hall–Kier alpha value is -2.13. The third kappa shape index (κ3) is 2.55. The predicted molar refractivity (Wildman–Crippen MR) is 91.1 cm³/mol. The van der Waals surface area contributed by atoms with Gasteiger partial charge in [-0.1, -0.05) is 48.5 Å². The monoisotopic (exact) mass is 306 g/mol. The summed E-state index contributed by atoms with van der Waals surface area (Å²) in [6, 6.07) is 17.2. The summed E-state index contributed by atoms with van der Waals surface area (Å²) in [5, 5.41) is 0. The van der Waals surface area contributed by atoms with Crippen molar-refractivity contribution < 1.29 is 4.79 Å². The molecule has 1 aliphatic heterocycles. The fourth-order valence-corrected chi connectivity index (χ4v) is 3.98. The summed E-state index contributed by atoms with van der Waals surface area (Å²) in [6.07, 6.45) is 3.41. The average molecular weight is 306 g/mol. The van der Waals surface area contributed by atoms with E-state index in [1.807, 2.05) is 4.90 Å². The number of fused-ring (bicyclic) bond motifs is 2. The molecule has 0 spiro atoms. The SMILES string of the molecule is NC1CCC(=O)N(C2c3ccccc3CCc3ccccc32)C1. The van der Waals surface area contributed by atoms with Crippen LogP contribution in [0.15, 0.2) is 48.5 Å². The minimum Gasteiger partial charge on any atom is -0.330 e. The van der Waals surface area contributed by atoms with E-state index >= 15 is 0 Å². The molecular formula is C20H22N2O. The highest BCUT2D eigenvalue weighted by Crippen LogP contribution is 2.38. The predicted octanol–water partition coefficient (Wildman–Crippen LogP) is 2.82. The van der Waals surface area contributed by atoms with Crippen LogP contribution >= 0.6 is 0 Å². The van der Waals surface area contributed by atoms with E-state index in [4.69, 9.17) is 5.73 Å². The molecular weight excluding hydrogens is 284 g/mol. The van der Waals surface area contributed by atoms with Gasteiger partial charge in [0, 0.05) is 19.0 Å². The van der Waals surface area contributed by atoms with Crippen molar-refractivity contribution >= 4 is 5.91 Å². The Balaban J connectivity index is 1.88. The van der Waals surface area contributed by atoms with E-state index in [1.165, 1.54) is 22.3 Å². The zero-order chi connectivity index (χ0) is 15.8. The molecule has 23 heavy (non-hydrogen) atoms. The highest BCUT2D eigenvalue weighted by Gasteiger charge is 2.34. The van der Waals surface area contributed by atoms with Crippen LogP contribution in [0.1, 0.15) is 41.1 Å². The Kier molecular flexibility index (Phi) is 3.66.